The van der Waals surface area contributed by atoms with Crippen LogP contribution in [0.1, 0.15) is 77.6 Å². The lowest BCUT2D eigenvalue weighted by atomic mass is 9.69. The Morgan fingerprint density at radius 2 is 1.35 bits per heavy atom. The lowest BCUT2D eigenvalue weighted by molar-refractivity contribution is 0.151. The van der Waals surface area contributed by atoms with Gasteiger partial charge in [0.2, 0.25) is 0 Å². The third kappa shape index (κ3) is 4.00. The zero-order valence-electron chi connectivity index (χ0n) is 11.8. The van der Waals surface area contributed by atoms with Crippen LogP contribution in [0.4, 0.5) is 0 Å². The fourth-order valence-electron chi connectivity index (χ4n) is 4.10. The van der Waals surface area contributed by atoms with Gasteiger partial charge in [-0.05, 0) is 49.4 Å². The molecule has 0 aliphatic heterocycles. The highest BCUT2D eigenvalue weighted by molar-refractivity contribution is 4.82. The van der Waals surface area contributed by atoms with Gasteiger partial charge in [0.05, 0.1) is 0 Å². The predicted octanol–water partition coefficient (Wildman–Crippen LogP) is 5.62. The van der Waals surface area contributed by atoms with Crippen LogP contribution in [-0.4, -0.2) is 0 Å². The van der Waals surface area contributed by atoms with Gasteiger partial charge in [-0.25, -0.2) is 0 Å². The van der Waals surface area contributed by atoms with E-state index in [1.54, 1.807) is 12.8 Å². The van der Waals surface area contributed by atoms with Crippen LogP contribution in [0.25, 0.3) is 0 Å². The molecule has 0 heterocycles. The monoisotopic (exact) mass is 235 g/mol. The normalized spacial score (nSPS) is 39.2. The Labute approximate surface area is 109 Å². The first-order valence-electron chi connectivity index (χ1n) is 8.12. The summed E-state index contributed by atoms with van der Waals surface area (Å²) in [4.78, 5) is 0. The van der Waals surface area contributed by atoms with E-state index in [-0.39, 0.29) is 0 Å². The highest BCUT2D eigenvalue weighted by Crippen LogP contribution is 2.41. The van der Waals surface area contributed by atoms with Crippen molar-refractivity contribution < 1.29 is 0 Å². The van der Waals surface area contributed by atoms with Gasteiger partial charge in [0.15, 0.2) is 0 Å². The summed E-state index contributed by atoms with van der Waals surface area (Å²) in [6.07, 6.45) is 16.3. The fourth-order valence-corrected chi connectivity index (χ4v) is 4.10. The van der Waals surface area contributed by atoms with E-state index in [1.165, 1.54) is 57.8 Å². The molecule has 99 valence electrons. The Bertz CT molecular complexity index is 192. The quantitative estimate of drug-likeness (QED) is 0.593. The Morgan fingerprint density at radius 3 is 1.88 bits per heavy atom. The molecule has 0 atom stereocenters. The molecule has 0 spiro atoms. The molecule has 0 nitrogen and oxygen atoms in total. The molecule has 0 aromatic carbocycles. The Balaban J connectivity index is 1.68. The molecule has 0 unspecified atom stereocenters. The minimum Gasteiger partial charge on any atom is -0.0654 e. The lowest BCUT2D eigenvalue weighted by Gasteiger charge is -2.37. The van der Waals surface area contributed by atoms with Crippen LogP contribution >= 0.6 is 0 Å². The van der Waals surface area contributed by atoms with Crippen LogP contribution in [0.2, 0.25) is 0 Å². The standard InChI is InChI=1S/C17H31/c1-3-4-5-15-8-12-17(13-9-15)16-10-6-14(2)7-11-16/h14-17H,2-13H2,1H3/t14?,15-,16?,17-. The van der Waals surface area contributed by atoms with Crippen molar-refractivity contribution in [2.45, 2.75) is 77.6 Å². The molecule has 0 saturated heterocycles. The molecule has 2 aliphatic rings. The molecule has 0 N–H and O–H groups in total. The second-order valence-electron chi connectivity index (χ2n) is 6.70. The third-order valence-electron chi connectivity index (χ3n) is 5.42. The Hall–Kier alpha value is 0. The summed E-state index contributed by atoms with van der Waals surface area (Å²) in [6, 6.07) is 0. The molecule has 2 rings (SSSR count). The minimum atomic E-state index is 0.771. The molecule has 0 amide bonds. The second-order valence-corrected chi connectivity index (χ2v) is 6.70. The molecular weight excluding hydrogens is 204 g/mol. The van der Waals surface area contributed by atoms with Crippen molar-refractivity contribution in [2.75, 3.05) is 0 Å². The second kappa shape index (κ2) is 6.81. The van der Waals surface area contributed by atoms with Crippen molar-refractivity contribution in [1.82, 2.24) is 0 Å². The van der Waals surface area contributed by atoms with E-state index in [4.69, 9.17) is 0 Å². The smallest absolute Gasteiger partial charge is 0.0386 e. The highest BCUT2D eigenvalue weighted by atomic mass is 14.3. The molecule has 17 heavy (non-hydrogen) atoms. The topological polar surface area (TPSA) is 0 Å². The van der Waals surface area contributed by atoms with Crippen molar-refractivity contribution >= 4 is 0 Å². The van der Waals surface area contributed by atoms with Crippen molar-refractivity contribution in [3.63, 3.8) is 0 Å². The van der Waals surface area contributed by atoms with Crippen molar-refractivity contribution in [3.05, 3.63) is 6.92 Å². The van der Waals surface area contributed by atoms with Gasteiger partial charge in [-0.1, -0.05) is 58.8 Å². The summed E-state index contributed by atoms with van der Waals surface area (Å²) in [5, 5.41) is 0. The van der Waals surface area contributed by atoms with E-state index in [9.17, 15) is 0 Å². The van der Waals surface area contributed by atoms with Crippen LogP contribution < -0.4 is 0 Å². The van der Waals surface area contributed by atoms with Crippen molar-refractivity contribution in [2.24, 2.45) is 23.7 Å². The van der Waals surface area contributed by atoms with Gasteiger partial charge >= 0.3 is 0 Å². The van der Waals surface area contributed by atoms with Crippen LogP contribution in [0.5, 0.6) is 0 Å². The average Bonchev–Trinajstić information content (AvgIpc) is 2.38. The first-order valence-corrected chi connectivity index (χ1v) is 8.12. The van der Waals surface area contributed by atoms with Crippen molar-refractivity contribution in [1.29, 1.82) is 0 Å². The third-order valence-corrected chi connectivity index (χ3v) is 5.42. The first kappa shape index (κ1) is 13.4. The van der Waals surface area contributed by atoms with E-state index in [0.717, 1.165) is 23.7 Å². The summed E-state index contributed by atoms with van der Waals surface area (Å²) < 4.78 is 0. The van der Waals surface area contributed by atoms with Crippen LogP contribution in [0.3, 0.4) is 0 Å². The molecule has 2 fully saturated rings. The van der Waals surface area contributed by atoms with E-state index in [0.29, 0.717) is 0 Å². The van der Waals surface area contributed by atoms with Gasteiger partial charge in [0, 0.05) is 0 Å². The minimum absolute atomic E-state index is 0.771. The lowest BCUT2D eigenvalue weighted by Crippen LogP contribution is -2.25. The van der Waals surface area contributed by atoms with Gasteiger partial charge in [-0.3, -0.25) is 0 Å². The summed E-state index contributed by atoms with van der Waals surface area (Å²) >= 11 is 0. The molecule has 0 heteroatoms. The number of unbranched alkanes of at least 4 members (excludes halogenated alkanes) is 1. The molecule has 2 aliphatic carbocycles. The number of hydrogen-bond acceptors (Lipinski definition) is 0. The fraction of sp³-hybridized carbons (Fsp3) is 0.941. The predicted molar refractivity (Wildman–Crippen MR) is 75.8 cm³/mol. The molecule has 1 radical (unpaired) electrons. The van der Waals surface area contributed by atoms with Crippen LogP contribution in [0, 0.1) is 30.6 Å². The van der Waals surface area contributed by atoms with Crippen LogP contribution in [0.15, 0.2) is 0 Å². The van der Waals surface area contributed by atoms with Gasteiger partial charge in [0.25, 0.3) is 0 Å². The zero-order chi connectivity index (χ0) is 12.1. The average molecular weight is 235 g/mol. The van der Waals surface area contributed by atoms with E-state index in [2.05, 4.69) is 13.8 Å². The zero-order valence-corrected chi connectivity index (χ0v) is 11.8. The summed E-state index contributed by atoms with van der Waals surface area (Å²) in [6.45, 7) is 6.55. The maximum absolute atomic E-state index is 4.22. The molecular formula is C17H31. The SMILES string of the molecule is [CH2]C1CCC([C@H]2CC[C@H](CCCC)CC2)CC1. The maximum Gasteiger partial charge on any atom is -0.0386 e. The summed E-state index contributed by atoms with van der Waals surface area (Å²) in [7, 11) is 0. The summed E-state index contributed by atoms with van der Waals surface area (Å²) in [5.41, 5.74) is 0. The molecule has 2 saturated carbocycles. The largest absolute Gasteiger partial charge is 0.0654 e. The number of hydrogen-bond donors (Lipinski definition) is 0. The Morgan fingerprint density at radius 1 is 0.824 bits per heavy atom. The van der Waals surface area contributed by atoms with E-state index >= 15 is 0 Å². The van der Waals surface area contributed by atoms with Gasteiger partial charge in [-0.2, -0.15) is 0 Å². The van der Waals surface area contributed by atoms with Crippen molar-refractivity contribution in [3.8, 4) is 0 Å². The number of rotatable bonds is 4. The van der Waals surface area contributed by atoms with Gasteiger partial charge in [0.1, 0.15) is 0 Å². The molecule has 0 bridgehead atoms. The first-order chi connectivity index (χ1) is 8.29. The van der Waals surface area contributed by atoms with Gasteiger partial charge < -0.3 is 0 Å². The Kier molecular flexibility index (Phi) is 5.38. The highest BCUT2D eigenvalue weighted by Gasteiger charge is 2.29. The molecule has 0 aromatic heterocycles. The maximum atomic E-state index is 4.22. The van der Waals surface area contributed by atoms with E-state index < -0.39 is 0 Å². The molecule has 0 aromatic rings. The van der Waals surface area contributed by atoms with Crippen LogP contribution in [-0.2, 0) is 0 Å². The van der Waals surface area contributed by atoms with Gasteiger partial charge in [-0.15, -0.1) is 0 Å². The summed E-state index contributed by atoms with van der Waals surface area (Å²) in [5.74, 6) is 4.00. The van der Waals surface area contributed by atoms with E-state index in [1.807, 2.05) is 0 Å².